The van der Waals surface area contributed by atoms with Crippen molar-refractivity contribution < 1.29 is 8.78 Å². The van der Waals surface area contributed by atoms with Crippen LogP contribution in [0.1, 0.15) is 5.56 Å². The molecule has 0 aliphatic rings. The van der Waals surface area contributed by atoms with Crippen molar-refractivity contribution in [3.63, 3.8) is 0 Å². The summed E-state index contributed by atoms with van der Waals surface area (Å²) in [5, 5.41) is 3.90. The zero-order valence-electron chi connectivity index (χ0n) is 10.2. The Labute approximate surface area is 123 Å². The summed E-state index contributed by atoms with van der Waals surface area (Å²) in [4.78, 5) is 4.34. The molecule has 0 bridgehead atoms. The number of fused-ring (bicyclic) bond motifs is 1. The Bertz CT molecular complexity index is 773. The third kappa shape index (κ3) is 2.73. The van der Waals surface area contributed by atoms with Crippen LogP contribution >= 0.6 is 22.9 Å². The standard InChI is InChI=1S/C14H9ClF2N2S/c15-10-5-8(1-3-11(10)17)7-18-14-19-12-4-2-9(16)6-13(12)20-14/h1-6H,7H2,(H,18,19). The van der Waals surface area contributed by atoms with Gasteiger partial charge in [0.2, 0.25) is 0 Å². The van der Waals surface area contributed by atoms with Crippen molar-refractivity contribution in [2.45, 2.75) is 6.54 Å². The van der Waals surface area contributed by atoms with Gasteiger partial charge in [-0.15, -0.1) is 0 Å². The van der Waals surface area contributed by atoms with E-state index in [1.54, 1.807) is 18.2 Å². The molecule has 2 nitrogen and oxygen atoms in total. The molecule has 6 heteroatoms. The van der Waals surface area contributed by atoms with Crippen LogP contribution in [0, 0.1) is 11.6 Å². The van der Waals surface area contributed by atoms with E-state index in [1.165, 1.54) is 29.5 Å². The molecule has 0 unspecified atom stereocenters. The van der Waals surface area contributed by atoms with Crippen LogP contribution in [-0.2, 0) is 6.54 Å². The smallest absolute Gasteiger partial charge is 0.184 e. The number of nitrogens with one attached hydrogen (secondary N) is 1. The number of rotatable bonds is 3. The average molecular weight is 311 g/mol. The molecule has 0 fully saturated rings. The van der Waals surface area contributed by atoms with Gasteiger partial charge in [0.25, 0.3) is 0 Å². The van der Waals surface area contributed by atoms with E-state index >= 15 is 0 Å². The molecule has 0 atom stereocenters. The Kier molecular flexibility index (Phi) is 3.54. The largest absolute Gasteiger partial charge is 0.357 e. The first-order valence-electron chi connectivity index (χ1n) is 5.86. The van der Waals surface area contributed by atoms with Gasteiger partial charge in [-0.25, -0.2) is 13.8 Å². The Morgan fingerprint density at radius 3 is 2.80 bits per heavy atom. The summed E-state index contributed by atoms with van der Waals surface area (Å²) >= 11 is 7.09. The number of thiazole rings is 1. The molecule has 0 aliphatic carbocycles. The highest BCUT2D eigenvalue weighted by Crippen LogP contribution is 2.27. The molecule has 1 aromatic heterocycles. The maximum absolute atomic E-state index is 13.1. The minimum atomic E-state index is -0.439. The Hall–Kier alpha value is -1.72. The summed E-state index contributed by atoms with van der Waals surface area (Å²) in [6.07, 6.45) is 0. The van der Waals surface area contributed by atoms with E-state index in [2.05, 4.69) is 10.3 Å². The van der Waals surface area contributed by atoms with Crippen molar-refractivity contribution in [1.29, 1.82) is 0 Å². The van der Waals surface area contributed by atoms with Gasteiger partial charge in [-0.1, -0.05) is 29.0 Å². The van der Waals surface area contributed by atoms with Crippen molar-refractivity contribution in [2.75, 3.05) is 5.32 Å². The maximum Gasteiger partial charge on any atom is 0.184 e. The molecule has 20 heavy (non-hydrogen) atoms. The topological polar surface area (TPSA) is 24.9 Å². The van der Waals surface area contributed by atoms with E-state index < -0.39 is 5.82 Å². The Morgan fingerprint density at radius 2 is 2.00 bits per heavy atom. The van der Waals surface area contributed by atoms with Gasteiger partial charge in [0.05, 0.1) is 15.2 Å². The van der Waals surface area contributed by atoms with Crippen LogP contribution in [-0.4, -0.2) is 4.98 Å². The molecule has 0 spiro atoms. The summed E-state index contributed by atoms with van der Waals surface area (Å²) in [6, 6.07) is 9.02. The van der Waals surface area contributed by atoms with Gasteiger partial charge in [0, 0.05) is 6.54 Å². The maximum atomic E-state index is 13.1. The third-order valence-electron chi connectivity index (χ3n) is 2.78. The zero-order chi connectivity index (χ0) is 14.1. The molecule has 0 aliphatic heterocycles. The second-order valence-electron chi connectivity index (χ2n) is 4.23. The first-order valence-corrected chi connectivity index (χ1v) is 7.05. The van der Waals surface area contributed by atoms with Gasteiger partial charge in [0.1, 0.15) is 11.6 Å². The predicted octanol–water partition coefficient (Wildman–Crippen LogP) is 4.84. The van der Waals surface area contributed by atoms with E-state index in [0.29, 0.717) is 11.7 Å². The number of benzene rings is 2. The molecule has 3 aromatic rings. The lowest BCUT2D eigenvalue weighted by Gasteiger charge is -2.03. The highest BCUT2D eigenvalue weighted by Gasteiger charge is 2.05. The number of anilines is 1. The van der Waals surface area contributed by atoms with E-state index in [9.17, 15) is 8.78 Å². The van der Waals surface area contributed by atoms with Gasteiger partial charge >= 0.3 is 0 Å². The zero-order valence-corrected chi connectivity index (χ0v) is 11.7. The van der Waals surface area contributed by atoms with Crippen molar-refractivity contribution >= 4 is 38.3 Å². The van der Waals surface area contributed by atoms with Gasteiger partial charge in [-0.05, 0) is 35.9 Å². The van der Waals surface area contributed by atoms with Gasteiger partial charge in [0.15, 0.2) is 5.13 Å². The minimum absolute atomic E-state index is 0.0932. The lowest BCUT2D eigenvalue weighted by molar-refractivity contribution is 0.627. The van der Waals surface area contributed by atoms with Crippen LogP contribution in [0.15, 0.2) is 36.4 Å². The SMILES string of the molecule is Fc1ccc2nc(NCc3ccc(F)c(Cl)c3)sc2c1. The Morgan fingerprint density at radius 1 is 1.15 bits per heavy atom. The lowest BCUT2D eigenvalue weighted by Crippen LogP contribution is -1.99. The molecule has 1 heterocycles. The van der Waals surface area contributed by atoms with Crippen molar-refractivity contribution in [3.8, 4) is 0 Å². The number of aromatic nitrogens is 1. The normalized spacial score (nSPS) is 10.9. The van der Waals surface area contributed by atoms with E-state index in [0.717, 1.165) is 15.8 Å². The molecule has 1 N–H and O–H groups in total. The highest BCUT2D eigenvalue weighted by atomic mass is 35.5. The number of nitrogens with zero attached hydrogens (tertiary/aromatic N) is 1. The van der Waals surface area contributed by atoms with Crippen LogP contribution < -0.4 is 5.32 Å². The molecule has 0 radical (unpaired) electrons. The summed E-state index contributed by atoms with van der Waals surface area (Å²) < 4.78 is 26.9. The first-order chi connectivity index (χ1) is 9.61. The monoisotopic (exact) mass is 310 g/mol. The molecular formula is C14H9ClF2N2S. The average Bonchev–Trinajstić information content (AvgIpc) is 2.82. The summed E-state index contributed by atoms with van der Waals surface area (Å²) in [5.41, 5.74) is 1.60. The fourth-order valence-corrected chi connectivity index (χ4v) is 2.89. The number of halogens is 3. The fraction of sp³-hybridized carbons (Fsp3) is 0.0714. The van der Waals surface area contributed by atoms with Crippen LogP contribution in [0.25, 0.3) is 10.2 Å². The molecule has 0 saturated carbocycles. The van der Waals surface area contributed by atoms with E-state index in [4.69, 9.17) is 11.6 Å². The predicted molar refractivity (Wildman–Crippen MR) is 78.3 cm³/mol. The van der Waals surface area contributed by atoms with Crippen molar-refractivity contribution in [3.05, 3.63) is 58.6 Å². The quantitative estimate of drug-likeness (QED) is 0.748. The Balaban J connectivity index is 1.77. The van der Waals surface area contributed by atoms with Gasteiger partial charge in [-0.3, -0.25) is 0 Å². The lowest BCUT2D eigenvalue weighted by atomic mass is 10.2. The van der Waals surface area contributed by atoms with Crippen molar-refractivity contribution in [2.24, 2.45) is 0 Å². The van der Waals surface area contributed by atoms with Crippen molar-refractivity contribution in [1.82, 2.24) is 4.98 Å². The molecule has 0 saturated heterocycles. The van der Waals surface area contributed by atoms with Crippen LogP contribution in [0.3, 0.4) is 0 Å². The fourth-order valence-electron chi connectivity index (χ4n) is 1.80. The van der Waals surface area contributed by atoms with Gasteiger partial charge < -0.3 is 5.32 Å². The summed E-state index contributed by atoms with van der Waals surface area (Å²) in [7, 11) is 0. The molecule has 0 amide bonds. The van der Waals surface area contributed by atoms with E-state index in [1.807, 2.05) is 0 Å². The second-order valence-corrected chi connectivity index (χ2v) is 5.67. The molecule has 102 valence electrons. The summed E-state index contributed by atoms with van der Waals surface area (Å²) in [5.74, 6) is -0.719. The molecule has 2 aromatic carbocycles. The molecule has 3 rings (SSSR count). The van der Waals surface area contributed by atoms with Crippen LogP contribution in [0.4, 0.5) is 13.9 Å². The van der Waals surface area contributed by atoms with Crippen LogP contribution in [0.2, 0.25) is 5.02 Å². The number of hydrogen-bond acceptors (Lipinski definition) is 3. The van der Waals surface area contributed by atoms with E-state index in [-0.39, 0.29) is 10.8 Å². The second kappa shape index (κ2) is 5.34. The number of hydrogen-bond donors (Lipinski definition) is 1. The first kappa shape index (κ1) is 13.3. The minimum Gasteiger partial charge on any atom is -0.357 e. The summed E-state index contributed by atoms with van der Waals surface area (Å²) in [6.45, 7) is 0.475. The van der Waals surface area contributed by atoms with Gasteiger partial charge in [-0.2, -0.15) is 0 Å². The highest BCUT2D eigenvalue weighted by molar-refractivity contribution is 7.22. The third-order valence-corrected chi connectivity index (χ3v) is 4.04. The molecular weight excluding hydrogens is 302 g/mol. The van der Waals surface area contributed by atoms with Crippen LogP contribution in [0.5, 0.6) is 0 Å².